The van der Waals surface area contributed by atoms with Crippen molar-refractivity contribution in [2.24, 2.45) is 5.92 Å². The second-order valence-electron chi connectivity index (χ2n) is 6.60. The summed E-state index contributed by atoms with van der Waals surface area (Å²) in [6, 6.07) is 2.08. The number of amides is 1. The van der Waals surface area contributed by atoms with Crippen LogP contribution in [0.25, 0.3) is 0 Å². The minimum absolute atomic E-state index is 0.183. The molecule has 2 rings (SSSR count). The Balaban J connectivity index is 2.20. The standard InChI is InChI=1S/C17H26N2O3/c1-11(2)5-6-14-9-12(3)15(17(21)22-14)16(20)19-8-7-18-13(4)10-19/h9,11,13,18H,5-8,10H2,1-4H3/t13-/m1/s1. The zero-order valence-corrected chi connectivity index (χ0v) is 13.9. The van der Waals surface area contributed by atoms with Crippen LogP contribution < -0.4 is 10.9 Å². The summed E-state index contributed by atoms with van der Waals surface area (Å²) in [4.78, 5) is 26.6. The highest BCUT2D eigenvalue weighted by atomic mass is 16.4. The summed E-state index contributed by atoms with van der Waals surface area (Å²) in [5, 5.41) is 3.29. The SMILES string of the molecule is Cc1cc(CCC(C)C)oc(=O)c1C(=O)N1CCN[C@H](C)C1. The van der Waals surface area contributed by atoms with Crippen LogP contribution in [0.2, 0.25) is 0 Å². The molecule has 2 heterocycles. The van der Waals surface area contributed by atoms with Crippen LogP contribution >= 0.6 is 0 Å². The van der Waals surface area contributed by atoms with Crippen LogP contribution in [0.1, 0.15) is 48.9 Å². The molecule has 1 aliphatic rings. The van der Waals surface area contributed by atoms with E-state index in [2.05, 4.69) is 19.2 Å². The van der Waals surface area contributed by atoms with Crippen LogP contribution in [0.5, 0.6) is 0 Å². The Morgan fingerprint density at radius 1 is 1.50 bits per heavy atom. The first kappa shape index (κ1) is 16.7. The van der Waals surface area contributed by atoms with Gasteiger partial charge < -0.3 is 14.6 Å². The average molecular weight is 306 g/mol. The van der Waals surface area contributed by atoms with Gasteiger partial charge in [-0.05, 0) is 37.8 Å². The van der Waals surface area contributed by atoms with Gasteiger partial charge in [0.25, 0.3) is 5.91 Å². The molecule has 1 atom stereocenters. The lowest BCUT2D eigenvalue weighted by Gasteiger charge is -2.31. The predicted octanol–water partition coefficient (Wildman–Crippen LogP) is 1.97. The molecule has 0 bridgehead atoms. The topological polar surface area (TPSA) is 62.6 Å². The van der Waals surface area contributed by atoms with Crippen LogP contribution in [-0.4, -0.2) is 36.5 Å². The van der Waals surface area contributed by atoms with Gasteiger partial charge in [0.1, 0.15) is 11.3 Å². The first-order chi connectivity index (χ1) is 10.4. The van der Waals surface area contributed by atoms with E-state index in [1.807, 2.05) is 19.9 Å². The number of piperazine rings is 1. The van der Waals surface area contributed by atoms with Gasteiger partial charge in [-0.2, -0.15) is 0 Å². The minimum atomic E-state index is -0.505. The average Bonchev–Trinajstić information content (AvgIpc) is 2.44. The van der Waals surface area contributed by atoms with Gasteiger partial charge in [-0.3, -0.25) is 4.79 Å². The molecule has 0 aliphatic carbocycles. The second kappa shape index (κ2) is 7.09. The van der Waals surface area contributed by atoms with Crippen molar-refractivity contribution in [3.8, 4) is 0 Å². The van der Waals surface area contributed by atoms with E-state index in [-0.39, 0.29) is 17.5 Å². The Labute approximate surface area is 131 Å². The van der Waals surface area contributed by atoms with Crippen LogP contribution in [0.3, 0.4) is 0 Å². The van der Waals surface area contributed by atoms with E-state index in [4.69, 9.17) is 4.42 Å². The van der Waals surface area contributed by atoms with Crippen molar-refractivity contribution >= 4 is 5.91 Å². The highest BCUT2D eigenvalue weighted by Crippen LogP contribution is 2.14. The summed E-state index contributed by atoms with van der Waals surface area (Å²) in [6.45, 7) is 10.1. The summed E-state index contributed by atoms with van der Waals surface area (Å²) in [6.07, 6.45) is 1.69. The molecule has 1 aromatic heterocycles. The van der Waals surface area contributed by atoms with E-state index in [9.17, 15) is 9.59 Å². The monoisotopic (exact) mass is 306 g/mol. The smallest absolute Gasteiger partial charge is 0.349 e. The molecule has 5 nitrogen and oxygen atoms in total. The van der Waals surface area contributed by atoms with Crippen LogP contribution in [0, 0.1) is 12.8 Å². The van der Waals surface area contributed by atoms with Crippen molar-refractivity contribution in [1.29, 1.82) is 0 Å². The molecule has 1 amide bonds. The first-order valence-electron chi connectivity index (χ1n) is 8.04. The maximum Gasteiger partial charge on any atom is 0.349 e. The number of hydrogen-bond acceptors (Lipinski definition) is 4. The van der Waals surface area contributed by atoms with Gasteiger partial charge in [0.2, 0.25) is 0 Å². The quantitative estimate of drug-likeness (QED) is 0.924. The maximum atomic E-state index is 12.6. The van der Waals surface area contributed by atoms with E-state index < -0.39 is 5.63 Å². The fourth-order valence-corrected chi connectivity index (χ4v) is 2.76. The second-order valence-corrected chi connectivity index (χ2v) is 6.60. The number of aryl methyl sites for hydroxylation is 2. The number of nitrogens with zero attached hydrogens (tertiary/aromatic N) is 1. The van der Waals surface area contributed by atoms with Gasteiger partial charge in [-0.1, -0.05) is 13.8 Å². The number of hydrogen-bond donors (Lipinski definition) is 1. The van der Waals surface area contributed by atoms with E-state index >= 15 is 0 Å². The van der Waals surface area contributed by atoms with E-state index in [1.54, 1.807) is 4.90 Å². The lowest BCUT2D eigenvalue weighted by atomic mass is 10.0. The minimum Gasteiger partial charge on any atom is -0.427 e. The van der Waals surface area contributed by atoms with Crippen molar-refractivity contribution in [1.82, 2.24) is 10.2 Å². The van der Waals surface area contributed by atoms with Crippen LogP contribution in [0.4, 0.5) is 0 Å². The number of carbonyl (C=O) groups excluding carboxylic acids is 1. The van der Waals surface area contributed by atoms with Crippen molar-refractivity contribution < 1.29 is 9.21 Å². The predicted molar refractivity (Wildman–Crippen MR) is 86.2 cm³/mol. The van der Waals surface area contributed by atoms with Crippen LogP contribution in [-0.2, 0) is 6.42 Å². The zero-order valence-electron chi connectivity index (χ0n) is 13.9. The van der Waals surface area contributed by atoms with Crippen molar-refractivity contribution in [3.05, 3.63) is 33.4 Å². The maximum absolute atomic E-state index is 12.6. The molecular formula is C17H26N2O3. The zero-order chi connectivity index (χ0) is 16.3. The summed E-state index contributed by atoms with van der Waals surface area (Å²) in [5.74, 6) is 1.01. The van der Waals surface area contributed by atoms with Crippen molar-refractivity contribution in [2.75, 3.05) is 19.6 Å². The number of nitrogens with one attached hydrogen (secondary N) is 1. The fraction of sp³-hybridized carbons (Fsp3) is 0.647. The van der Waals surface area contributed by atoms with Gasteiger partial charge in [0.05, 0.1) is 0 Å². The Morgan fingerprint density at radius 2 is 2.23 bits per heavy atom. The first-order valence-corrected chi connectivity index (χ1v) is 8.04. The van der Waals surface area contributed by atoms with Gasteiger partial charge in [-0.15, -0.1) is 0 Å². The largest absolute Gasteiger partial charge is 0.427 e. The molecule has 0 radical (unpaired) electrons. The van der Waals surface area contributed by atoms with E-state index in [1.165, 1.54) is 0 Å². The lowest BCUT2D eigenvalue weighted by Crippen LogP contribution is -2.52. The third-order valence-corrected chi connectivity index (χ3v) is 4.04. The third-order valence-electron chi connectivity index (χ3n) is 4.04. The van der Waals surface area contributed by atoms with Gasteiger partial charge >= 0.3 is 5.63 Å². The van der Waals surface area contributed by atoms with Crippen LogP contribution in [0.15, 0.2) is 15.3 Å². The van der Waals surface area contributed by atoms with Crippen molar-refractivity contribution in [3.63, 3.8) is 0 Å². The van der Waals surface area contributed by atoms with E-state index in [0.717, 1.165) is 19.4 Å². The molecule has 0 spiro atoms. The number of carbonyl (C=O) groups is 1. The van der Waals surface area contributed by atoms with Gasteiger partial charge in [0, 0.05) is 32.1 Å². The fourth-order valence-electron chi connectivity index (χ4n) is 2.76. The molecule has 5 heteroatoms. The Kier molecular flexibility index (Phi) is 5.40. The third kappa shape index (κ3) is 3.97. The molecule has 22 heavy (non-hydrogen) atoms. The number of rotatable bonds is 4. The molecule has 1 aromatic rings. The highest BCUT2D eigenvalue weighted by molar-refractivity contribution is 5.95. The van der Waals surface area contributed by atoms with E-state index in [0.29, 0.717) is 30.3 Å². The summed E-state index contributed by atoms with van der Waals surface area (Å²) < 4.78 is 5.36. The molecule has 0 saturated carbocycles. The molecule has 0 unspecified atom stereocenters. The molecule has 1 fully saturated rings. The molecule has 122 valence electrons. The summed E-state index contributed by atoms with van der Waals surface area (Å²) in [7, 11) is 0. The molecular weight excluding hydrogens is 280 g/mol. The van der Waals surface area contributed by atoms with Crippen molar-refractivity contribution in [2.45, 2.75) is 46.6 Å². The molecule has 0 aromatic carbocycles. The van der Waals surface area contributed by atoms with Gasteiger partial charge in [0.15, 0.2) is 0 Å². The lowest BCUT2D eigenvalue weighted by molar-refractivity contribution is 0.0703. The Bertz CT molecular complexity index is 592. The molecule has 1 aliphatic heterocycles. The Hall–Kier alpha value is -1.62. The highest BCUT2D eigenvalue weighted by Gasteiger charge is 2.26. The summed E-state index contributed by atoms with van der Waals surface area (Å²) in [5.41, 5.74) is 0.392. The Morgan fingerprint density at radius 3 is 2.82 bits per heavy atom. The normalized spacial score (nSPS) is 18.8. The molecule has 1 saturated heterocycles. The molecule has 1 N–H and O–H groups in total. The summed E-state index contributed by atoms with van der Waals surface area (Å²) >= 11 is 0. The van der Waals surface area contributed by atoms with Gasteiger partial charge in [-0.25, -0.2) is 4.79 Å².